The van der Waals surface area contributed by atoms with Crippen molar-refractivity contribution in [2.45, 2.75) is 37.5 Å². The van der Waals surface area contributed by atoms with Crippen LogP contribution in [0.3, 0.4) is 0 Å². The predicted molar refractivity (Wildman–Crippen MR) is 102 cm³/mol. The number of halogens is 6. The molecule has 0 N–H and O–H groups in total. The first kappa shape index (κ1) is 20.6. The Balaban J connectivity index is 1.72. The molecule has 0 spiro atoms. The van der Waals surface area contributed by atoms with Crippen LogP contribution in [0.15, 0.2) is 40.9 Å². The lowest BCUT2D eigenvalue weighted by Gasteiger charge is -2.46. The maximum absolute atomic E-state index is 14.2. The molecule has 2 aliphatic rings. The van der Waals surface area contributed by atoms with Gasteiger partial charge in [0.2, 0.25) is 0 Å². The summed E-state index contributed by atoms with van der Waals surface area (Å²) in [6.07, 6.45) is -3.87. The summed E-state index contributed by atoms with van der Waals surface area (Å²) in [5.41, 5.74) is 1.26. The highest BCUT2D eigenvalue weighted by atomic mass is 79.9. The van der Waals surface area contributed by atoms with Crippen molar-refractivity contribution in [3.8, 4) is 5.75 Å². The smallest absolute Gasteiger partial charge is 0.391 e. The van der Waals surface area contributed by atoms with Crippen molar-refractivity contribution in [2.24, 2.45) is 5.92 Å². The molecule has 0 aromatic heterocycles. The van der Waals surface area contributed by atoms with Gasteiger partial charge >= 0.3 is 6.18 Å². The molecule has 29 heavy (non-hydrogen) atoms. The molecule has 0 amide bonds. The normalized spacial score (nSPS) is 25.4. The van der Waals surface area contributed by atoms with E-state index in [1.54, 1.807) is 6.07 Å². The van der Waals surface area contributed by atoms with Crippen LogP contribution in [0.25, 0.3) is 0 Å². The molecule has 0 unspecified atom stereocenters. The molecular weight excluding hydrogens is 457 g/mol. The molecule has 2 aliphatic heterocycles. The molecule has 0 radical (unpaired) electrons. The van der Waals surface area contributed by atoms with E-state index in [4.69, 9.17) is 4.74 Å². The molecule has 1 saturated heterocycles. The fourth-order valence-corrected chi connectivity index (χ4v) is 4.70. The Morgan fingerprint density at radius 2 is 1.72 bits per heavy atom. The van der Waals surface area contributed by atoms with E-state index in [0.717, 1.165) is 0 Å². The lowest BCUT2D eigenvalue weighted by molar-refractivity contribution is -0.192. The molecule has 4 rings (SSSR count). The summed E-state index contributed by atoms with van der Waals surface area (Å²) >= 11 is 3.15. The molecule has 2 nitrogen and oxygen atoms in total. The van der Waals surface area contributed by atoms with Crippen LogP contribution < -0.4 is 4.74 Å². The highest BCUT2D eigenvalue weighted by Crippen LogP contribution is 2.48. The molecule has 2 aromatic carbocycles. The maximum atomic E-state index is 14.2. The van der Waals surface area contributed by atoms with Gasteiger partial charge in [0.05, 0.1) is 17.0 Å². The molecular formula is C21H19BrF5NO. The number of nitrogens with zero attached hydrogens (tertiary/aromatic N) is 1. The van der Waals surface area contributed by atoms with Gasteiger partial charge in [-0.3, -0.25) is 4.90 Å². The van der Waals surface area contributed by atoms with Crippen LogP contribution in [0.2, 0.25) is 0 Å². The second kappa shape index (κ2) is 7.87. The van der Waals surface area contributed by atoms with Gasteiger partial charge in [0.25, 0.3) is 0 Å². The Bertz CT molecular complexity index is 886. The maximum Gasteiger partial charge on any atom is 0.391 e. The molecule has 8 heteroatoms. The van der Waals surface area contributed by atoms with Gasteiger partial charge in [0.1, 0.15) is 17.4 Å². The number of fused-ring (bicyclic) bond motifs is 1. The van der Waals surface area contributed by atoms with Gasteiger partial charge in [-0.1, -0.05) is 12.1 Å². The quantitative estimate of drug-likeness (QED) is 0.455. The van der Waals surface area contributed by atoms with E-state index < -0.39 is 29.8 Å². The first-order chi connectivity index (χ1) is 13.7. The molecule has 2 aromatic rings. The number of hydrogen-bond acceptors (Lipinski definition) is 2. The minimum atomic E-state index is -4.28. The van der Waals surface area contributed by atoms with Gasteiger partial charge in [-0.05, 0) is 65.1 Å². The molecule has 3 atom stereocenters. The van der Waals surface area contributed by atoms with Gasteiger partial charge < -0.3 is 4.74 Å². The second-order valence-electron chi connectivity index (χ2n) is 7.53. The standard InChI is InChI=1S/C21H19BrF5NO/c22-16-11-20-15(10-17(16)24)18(6-8-29-20)28-7-5-13(21(25,26)27)9-19(28)12-1-3-14(23)4-2-12/h1-4,10-11,13,18-19H,5-9H2/t13-,18+,19+/m1/s1. The summed E-state index contributed by atoms with van der Waals surface area (Å²) in [6.45, 7) is 0.610. The highest BCUT2D eigenvalue weighted by Gasteiger charge is 2.46. The minimum absolute atomic E-state index is 0.0209. The first-order valence-corrected chi connectivity index (χ1v) is 10.2. The molecule has 0 bridgehead atoms. The Morgan fingerprint density at radius 3 is 2.41 bits per heavy atom. The van der Waals surface area contributed by atoms with Crippen LogP contribution in [-0.2, 0) is 0 Å². The van der Waals surface area contributed by atoms with E-state index in [9.17, 15) is 22.0 Å². The topological polar surface area (TPSA) is 12.5 Å². The number of rotatable bonds is 2. The number of alkyl halides is 3. The summed E-state index contributed by atoms with van der Waals surface area (Å²) in [5, 5.41) is 0. The van der Waals surface area contributed by atoms with Crippen molar-refractivity contribution >= 4 is 15.9 Å². The zero-order chi connectivity index (χ0) is 20.8. The van der Waals surface area contributed by atoms with E-state index in [0.29, 0.717) is 29.9 Å². The van der Waals surface area contributed by atoms with Crippen molar-refractivity contribution < 1.29 is 26.7 Å². The van der Waals surface area contributed by atoms with Gasteiger partial charge in [-0.25, -0.2) is 8.78 Å². The van der Waals surface area contributed by atoms with Gasteiger partial charge in [0.15, 0.2) is 0 Å². The third-order valence-electron chi connectivity index (χ3n) is 5.82. The number of piperidine rings is 1. The van der Waals surface area contributed by atoms with Crippen LogP contribution in [0.5, 0.6) is 5.75 Å². The molecule has 2 heterocycles. The lowest BCUT2D eigenvalue weighted by atomic mass is 9.84. The van der Waals surface area contributed by atoms with E-state index in [1.807, 2.05) is 4.90 Å². The minimum Gasteiger partial charge on any atom is -0.493 e. The summed E-state index contributed by atoms with van der Waals surface area (Å²) < 4.78 is 73.9. The first-order valence-electron chi connectivity index (χ1n) is 9.43. The van der Waals surface area contributed by atoms with Gasteiger partial charge in [0, 0.05) is 24.1 Å². The highest BCUT2D eigenvalue weighted by molar-refractivity contribution is 9.10. The van der Waals surface area contributed by atoms with E-state index in [2.05, 4.69) is 15.9 Å². The third-order valence-corrected chi connectivity index (χ3v) is 6.43. The van der Waals surface area contributed by atoms with E-state index in [1.165, 1.54) is 30.3 Å². The van der Waals surface area contributed by atoms with E-state index >= 15 is 0 Å². The Hall–Kier alpha value is -1.67. The predicted octanol–water partition coefficient (Wildman–Crippen LogP) is 6.57. The third kappa shape index (κ3) is 4.14. The number of hydrogen-bond donors (Lipinski definition) is 0. The van der Waals surface area contributed by atoms with Crippen LogP contribution in [-0.4, -0.2) is 24.2 Å². The van der Waals surface area contributed by atoms with Crippen LogP contribution in [0.1, 0.15) is 42.5 Å². The lowest BCUT2D eigenvalue weighted by Crippen LogP contribution is -2.44. The summed E-state index contributed by atoms with van der Waals surface area (Å²) in [5.74, 6) is -1.77. The van der Waals surface area contributed by atoms with Crippen LogP contribution in [0, 0.1) is 17.6 Å². The SMILES string of the molecule is Fc1ccc([C@@H]2C[C@H](C(F)(F)F)CCN2[C@H]2CCOc3cc(Br)c(F)cc32)cc1. The average Bonchev–Trinajstić information content (AvgIpc) is 2.68. The van der Waals surface area contributed by atoms with Crippen molar-refractivity contribution in [1.29, 1.82) is 0 Å². The average molecular weight is 476 g/mol. The Labute approximate surface area is 173 Å². The summed E-state index contributed by atoms with van der Waals surface area (Å²) in [4.78, 5) is 1.99. The van der Waals surface area contributed by atoms with Gasteiger partial charge in [-0.2, -0.15) is 13.2 Å². The molecule has 156 valence electrons. The second-order valence-corrected chi connectivity index (χ2v) is 8.38. The Kier molecular flexibility index (Phi) is 5.59. The fourth-order valence-electron chi connectivity index (χ4n) is 4.38. The number of likely N-dealkylation sites (tertiary alicyclic amines) is 1. The summed E-state index contributed by atoms with van der Waals surface area (Å²) in [6, 6.07) is 7.73. The zero-order valence-corrected chi connectivity index (χ0v) is 16.9. The monoisotopic (exact) mass is 475 g/mol. The summed E-state index contributed by atoms with van der Waals surface area (Å²) in [7, 11) is 0. The zero-order valence-electron chi connectivity index (χ0n) is 15.4. The fraction of sp³-hybridized carbons (Fsp3) is 0.429. The molecule has 0 aliphatic carbocycles. The van der Waals surface area contributed by atoms with Crippen LogP contribution >= 0.6 is 15.9 Å². The van der Waals surface area contributed by atoms with Crippen molar-refractivity contribution in [3.05, 3.63) is 63.6 Å². The molecule has 0 saturated carbocycles. The van der Waals surface area contributed by atoms with E-state index in [-0.39, 0.29) is 29.9 Å². The molecule has 1 fully saturated rings. The van der Waals surface area contributed by atoms with Crippen molar-refractivity contribution in [2.75, 3.05) is 13.2 Å². The van der Waals surface area contributed by atoms with Gasteiger partial charge in [-0.15, -0.1) is 0 Å². The van der Waals surface area contributed by atoms with Crippen molar-refractivity contribution in [3.63, 3.8) is 0 Å². The number of benzene rings is 2. The van der Waals surface area contributed by atoms with Crippen LogP contribution in [0.4, 0.5) is 22.0 Å². The Morgan fingerprint density at radius 1 is 1.00 bits per heavy atom. The number of ether oxygens (including phenoxy) is 1. The largest absolute Gasteiger partial charge is 0.493 e. The van der Waals surface area contributed by atoms with Crippen molar-refractivity contribution in [1.82, 2.24) is 4.90 Å².